The van der Waals surface area contributed by atoms with E-state index in [1.807, 2.05) is 13.8 Å². The fourth-order valence-electron chi connectivity index (χ4n) is 1.15. The van der Waals surface area contributed by atoms with Crippen LogP contribution in [0.1, 0.15) is 26.6 Å². The standard InChI is InChI=1S/C9H10ClN3S2/c1-4-5(2)14-9(13-4)7(11)8-12-3-6(10)15-8/h3,7H,11H2,1-2H3. The summed E-state index contributed by atoms with van der Waals surface area (Å²) in [6, 6.07) is -0.250. The van der Waals surface area contributed by atoms with Gasteiger partial charge in [0.1, 0.15) is 20.4 Å². The van der Waals surface area contributed by atoms with Crippen LogP contribution in [0.2, 0.25) is 4.34 Å². The minimum Gasteiger partial charge on any atom is -0.316 e. The second-order valence-corrected chi connectivity index (χ2v) is 6.10. The molecule has 15 heavy (non-hydrogen) atoms. The van der Waals surface area contributed by atoms with Gasteiger partial charge in [-0.2, -0.15) is 0 Å². The molecule has 0 aliphatic heterocycles. The third-order valence-electron chi connectivity index (χ3n) is 2.07. The highest BCUT2D eigenvalue weighted by atomic mass is 35.5. The van der Waals surface area contributed by atoms with Crippen LogP contribution in [0.5, 0.6) is 0 Å². The number of hydrogen-bond donors (Lipinski definition) is 1. The van der Waals surface area contributed by atoms with E-state index in [2.05, 4.69) is 9.97 Å². The Morgan fingerprint density at radius 2 is 2.07 bits per heavy atom. The second-order valence-electron chi connectivity index (χ2n) is 3.17. The van der Waals surface area contributed by atoms with Gasteiger partial charge >= 0.3 is 0 Å². The lowest BCUT2D eigenvalue weighted by Gasteiger charge is -2.02. The maximum atomic E-state index is 6.05. The number of thiazole rings is 2. The molecule has 2 heterocycles. The van der Waals surface area contributed by atoms with E-state index in [0.29, 0.717) is 4.34 Å². The van der Waals surface area contributed by atoms with Crippen LogP contribution in [-0.2, 0) is 0 Å². The first kappa shape index (κ1) is 11.0. The van der Waals surface area contributed by atoms with Gasteiger partial charge in [0.2, 0.25) is 0 Å². The largest absolute Gasteiger partial charge is 0.316 e. The third-order valence-corrected chi connectivity index (χ3v) is 4.43. The number of halogens is 1. The van der Waals surface area contributed by atoms with Crippen LogP contribution in [0, 0.1) is 13.8 Å². The van der Waals surface area contributed by atoms with Crippen molar-refractivity contribution < 1.29 is 0 Å². The van der Waals surface area contributed by atoms with Crippen LogP contribution in [-0.4, -0.2) is 9.97 Å². The van der Waals surface area contributed by atoms with Crippen molar-refractivity contribution in [2.24, 2.45) is 5.73 Å². The molecule has 2 aromatic rings. The maximum Gasteiger partial charge on any atom is 0.118 e. The van der Waals surface area contributed by atoms with Crippen LogP contribution < -0.4 is 5.73 Å². The molecule has 1 unspecified atom stereocenters. The summed E-state index contributed by atoms with van der Waals surface area (Å²) in [5, 5.41) is 1.71. The van der Waals surface area contributed by atoms with Gasteiger partial charge in [0.05, 0.1) is 11.9 Å². The summed E-state index contributed by atoms with van der Waals surface area (Å²) in [6.07, 6.45) is 1.62. The molecule has 0 saturated carbocycles. The monoisotopic (exact) mass is 259 g/mol. The molecule has 0 fully saturated rings. The van der Waals surface area contributed by atoms with Gasteiger partial charge in [0.15, 0.2) is 0 Å². The van der Waals surface area contributed by atoms with Crippen LogP contribution in [0.3, 0.4) is 0 Å². The predicted molar refractivity (Wildman–Crippen MR) is 64.7 cm³/mol. The van der Waals surface area contributed by atoms with Crippen LogP contribution in [0.15, 0.2) is 6.20 Å². The Hall–Kier alpha value is -0.490. The van der Waals surface area contributed by atoms with E-state index >= 15 is 0 Å². The van der Waals surface area contributed by atoms with Crippen LogP contribution >= 0.6 is 34.3 Å². The Balaban J connectivity index is 2.31. The molecule has 6 heteroatoms. The van der Waals surface area contributed by atoms with Crippen molar-refractivity contribution in [2.75, 3.05) is 0 Å². The van der Waals surface area contributed by atoms with Gasteiger partial charge < -0.3 is 5.73 Å². The summed E-state index contributed by atoms with van der Waals surface area (Å²) in [7, 11) is 0. The number of nitrogens with zero attached hydrogens (tertiary/aromatic N) is 2. The Labute approximate surface area is 101 Å². The highest BCUT2D eigenvalue weighted by molar-refractivity contribution is 7.16. The lowest BCUT2D eigenvalue weighted by Crippen LogP contribution is -2.10. The zero-order chi connectivity index (χ0) is 11.0. The van der Waals surface area contributed by atoms with Crippen molar-refractivity contribution in [3.8, 4) is 0 Å². The summed E-state index contributed by atoms with van der Waals surface area (Å²) >= 11 is 8.83. The van der Waals surface area contributed by atoms with E-state index in [-0.39, 0.29) is 6.04 Å². The molecule has 0 aromatic carbocycles. The van der Waals surface area contributed by atoms with Crippen molar-refractivity contribution in [3.05, 3.63) is 31.1 Å². The van der Waals surface area contributed by atoms with Gasteiger partial charge in [-0.15, -0.1) is 22.7 Å². The summed E-state index contributed by atoms with van der Waals surface area (Å²) in [5.74, 6) is 0. The highest BCUT2D eigenvalue weighted by Gasteiger charge is 2.17. The fourth-order valence-corrected chi connectivity index (χ4v) is 3.08. The fraction of sp³-hybridized carbons (Fsp3) is 0.333. The van der Waals surface area contributed by atoms with Gasteiger partial charge in [-0.3, -0.25) is 0 Å². The normalized spacial score (nSPS) is 13.1. The van der Waals surface area contributed by atoms with Crippen LogP contribution in [0.4, 0.5) is 0 Å². The van der Waals surface area contributed by atoms with E-state index in [1.165, 1.54) is 16.2 Å². The lowest BCUT2D eigenvalue weighted by atomic mass is 10.3. The topological polar surface area (TPSA) is 51.8 Å². The first-order valence-corrected chi connectivity index (χ1v) is 6.39. The van der Waals surface area contributed by atoms with Crippen LogP contribution in [0.25, 0.3) is 0 Å². The van der Waals surface area contributed by atoms with Gasteiger partial charge in [-0.25, -0.2) is 9.97 Å². The number of hydrogen-bond acceptors (Lipinski definition) is 5. The lowest BCUT2D eigenvalue weighted by molar-refractivity contribution is 0.840. The minimum absolute atomic E-state index is 0.250. The van der Waals surface area contributed by atoms with Crippen molar-refractivity contribution in [3.63, 3.8) is 0 Å². The number of rotatable bonds is 2. The zero-order valence-electron chi connectivity index (χ0n) is 8.32. The van der Waals surface area contributed by atoms with Crippen molar-refractivity contribution in [1.29, 1.82) is 0 Å². The molecule has 0 bridgehead atoms. The SMILES string of the molecule is Cc1nc(C(N)c2ncc(Cl)s2)sc1C. The second kappa shape index (κ2) is 4.17. The van der Waals surface area contributed by atoms with E-state index in [9.17, 15) is 0 Å². The summed E-state index contributed by atoms with van der Waals surface area (Å²) < 4.78 is 0.658. The first-order chi connectivity index (χ1) is 7.08. The first-order valence-electron chi connectivity index (χ1n) is 4.38. The van der Waals surface area contributed by atoms with Gasteiger partial charge in [-0.1, -0.05) is 11.6 Å². The molecule has 0 radical (unpaired) electrons. The highest BCUT2D eigenvalue weighted by Crippen LogP contribution is 2.30. The number of nitrogens with two attached hydrogens (primary N) is 1. The number of aryl methyl sites for hydroxylation is 2. The molecule has 0 spiro atoms. The third kappa shape index (κ3) is 2.20. The molecule has 0 aliphatic carbocycles. The average Bonchev–Trinajstić information content (AvgIpc) is 2.74. The maximum absolute atomic E-state index is 6.05. The van der Waals surface area contributed by atoms with Gasteiger partial charge in [0, 0.05) is 4.88 Å². The van der Waals surface area contributed by atoms with Crippen molar-refractivity contribution in [1.82, 2.24) is 9.97 Å². The predicted octanol–water partition coefficient (Wildman–Crippen LogP) is 2.92. The number of aromatic nitrogens is 2. The molecule has 0 saturated heterocycles. The summed E-state index contributed by atoms with van der Waals surface area (Å²) in [6.45, 7) is 4.02. The molecule has 2 N–H and O–H groups in total. The van der Waals surface area contributed by atoms with Crippen molar-refractivity contribution >= 4 is 34.3 Å². The Morgan fingerprint density at radius 3 is 2.53 bits per heavy atom. The Bertz CT molecular complexity index is 458. The molecule has 80 valence electrons. The molecule has 1 atom stereocenters. The molecular weight excluding hydrogens is 250 g/mol. The Morgan fingerprint density at radius 1 is 1.33 bits per heavy atom. The molecule has 2 aromatic heterocycles. The minimum atomic E-state index is -0.250. The van der Waals surface area contributed by atoms with E-state index in [4.69, 9.17) is 17.3 Å². The van der Waals surface area contributed by atoms with E-state index in [0.717, 1.165) is 15.7 Å². The molecular formula is C9H10ClN3S2. The molecule has 0 aliphatic rings. The summed E-state index contributed by atoms with van der Waals surface area (Å²) in [5.41, 5.74) is 7.08. The molecule has 3 nitrogen and oxygen atoms in total. The smallest absolute Gasteiger partial charge is 0.118 e. The van der Waals surface area contributed by atoms with Gasteiger partial charge in [-0.05, 0) is 13.8 Å². The van der Waals surface area contributed by atoms with Crippen molar-refractivity contribution in [2.45, 2.75) is 19.9 Å². The summed E-state index contributed by atoms with van der Waals surface area (Å²) in [4.78, 5) is 9.77. The Kier molecular flexibility index (Phi) is 3.06. The molecule has 2 rings (SSSR count). The van der Waals surface area contributed by atoms with E-state index < -0.39 is 0 Å². The van der Waals surface area contributed by atoms with Gasteiger partial charge in [0.25, 0.3) is 0 Å². The zero-order valence-corrected chi connectivity index (χ0v) is 10.7. The van der Waals surface area contributed by atoms with E-state index in [1.54, 1.807) is 17.5 Å². The quantitative estimate of drug-likeness (QED) is 0.902. The molecule has 0 amide bonds. The average molecular weight is 260 g/mol.